The fourth-order valence-corrected chi connectivity index (χ4v) is 2.31. The second-order valence-electron chi connectivity index (χ2n) is 4.51. The Morgan fingerprint density at radius 2 is 1.86 bits per heavy atom. The summed E-state index contributed by atoms with van der Waals surface area (Å²) in [4.78, 5) is 12.0. The summed E-state index contributed by atoms with van der Waals surface area (Å²) in [6.07, 6.45) is 0.374. The van der Waals surface area contributed by atoms with Crippen LogP contribution in [-0.2, 0) is 6.42 Å². The summed E-state index contributed by atoms with van der Waals surface area (Å²) >= 11 is 11.6. The van der Waals surface area contributed by atoms with Gasteiger partial charge in [0.25, 0.3) is 0 Å². The summed E-state index contributed by atoms with van der Waals surface area (Å²) in [5.41, 5.74) is 1.44. The van der Waals surface area contributed by atoms with Crippen molar-refractivity contribution in [3.63, 3.8) is 0 Å². The van der Waals surface area contributed by atoms with Crippen molar-refractivity contribution in [1.82, 2.24) is 0 Å². The normalized spacial score (nSPS) is 10.4. The number of amides is 2. The van der Waals surface area contributed by atoms with Crippen molar-refractivity contribution in [1.29, 1.82) is 0 Å². The van der Waals surface area contributed by atoms with Gasteiger partial charge in [-0.1, -0.05) is 29.3 Å². The Kier molecular flexibility index (Phi) is 5.60. The van der Waals surface area contributed by atoms with E-state index in [0.29, 0.717) is 17.1 Å². The molecule has 0 saturated heterocycles. The van der Waals surface area contributed by atoms with Crippen molar-refractivity contribution in [3.05, 3.63) is 57.8 Å². The van der Waals surface area contributed by atoms with Gasteiger partial charge in [-0.2, -0.15) is 0 Å². The number of anilines is 2. The Labute approximate surface area is 136 Å². The monoisotopic (exact) mass is 342 g/mol. The smallest absolute Gasteiger partial charge is 0.323 e. The molecule has 7 heteroatoms. The maximum Gasteiger partial charge on any atom is 0.323 e. The van der Waals surface area contributed by atoms with E-state index in [4.69, 9.17) is 28.3 Å². The van der Waals surface area contributed by atoms with Crippen LogP contribution < -0.4 is 10.6 Å². The molecule has 2 rings (SSSR count). The van der Waals surface area contributed by atoms with Crippen LogP contribution >= 0.6 is 23.2 Å². The molecule has 0 bridgehead atoms. The van der Waals surface area contributed by atoms with Crippen molar-refractivity contribution in [2.45, 2.75) is 6.42 Å². The zero-order chi connectivity index (χ0) is 16.1. The minimum Gasteiger partial charge on any atom is -0.396 e. The number of nitrogens with one attached hydrogen (secondary N) is 2. The molecule has 116 valence electrons. The first-order chi connectivity index (χ1) is 10.5. The third kappa shape index (κ3) is 4.59. The van der Waals surface area contributed by atoms with Crippen molar-refractivity contribution >= 4 is 40.6 Å². The van der Waals surface area contributed by atoms with Gasteiger partial charge in [0.15, 0.2) is 0 Å². The van der Waals surface area contributed by atoms with Crippen molar-refractivity contribution in [2.75, 3.05) is 17.2 Å². The number of hydrogen-bond donors (Lipinski definition) is 3. The molecule has 2 aromatic rings. The standard InChI is InChI=1S/C15H13Cl2FN2O2/c16-10-2-1-9(3-4-21)14(7-10)20-15(22)19-13-6-11(17)5-12(18)8-13/h1-2,5-8,21H,3-4H2,(H2,19,20,22). The molecule has 3 N–H and O–H groups in total. The van der Waals surface area contributed by atoms with Crippen LogP contribution in [0.5, 0.6) is 0 Å². The van der Waals surface area contributed by atoms with Gasteiger partial charge in [-0.3, -0.25) is 0 Å². The zero-order valence-electron chi connectivity index (χ0n) is 11.4. The molecular formula is C15H13Cl2FN2O2. The topological polar surface area (TPSA) is 61.4 Å². The van der Waals surface area contributed by atoms with Crippen LogP contribution in [0.2, 0.25) is 10.0 Å². The first kappa shape index (κ1) is 16.5. The number of aliphatic hydroxyl groups excluding tert-OH is 1. The van der Waals surface area contributed by atoms with Crippen LogP contribution in [0, 0.1) is 5.82 Å². The van der Waals surface area contributed by atoms with Gasteiger partial charge in [0, 0.05) is 28.0 Å². The predicted octanol–water partition coefficient (Wildman–Crippen LogP) is 4.31. The molecule has 0 fully saturated rings. The van der Waals surface area contributed by atoms with Crippen LogP contribution in [0.3, 0.4) is 0 Å². The highest BCUT2D eigenvalue weighted by Crippen LogP contribution is 2.22. The third-order valence-corrected chi connectivity index (χ3v) is 3.27. The highest BCUT2D eigenvalue weighted by atomic mass is 35.5. The molecule has 0 aliphatic rings. The van der Waals surface area contributed by atoms with Gasteiger partial charge in [-0.25, -0.2) is 9.18 Å². The van der Waals surface area contributed by atoms with Crippen molar-refractivity contribution in [2.24, 2.45) is 0 Å². The maximum absolute atomic E-state index is 13.2. The lowest BCUT2D eigenvalue weighted by Crippen LogP contribution is -2.20. The molecule has 0 aromatic heterocycles. The Morgan fingerprint density at radius 1 is 1.09 bits per heavy atom. The van der Waals surface area contributed by atoms with Gasteiger partial charge in [0.1, 0.15) is 5.82 Å². The summed E-state index contributed by atoms with van der Waals surface area (Å²) in [7, 11) is 0. The summed E-state index contributed by atoms with van der Waals surface area (Å²) in [6.45, 7) is -0.0581. The third-order valence-electron chi connectivity index (χ3n) is 2.82. The fourth-order valence-electron chi connectivity index (χ4n) is 1.91. The molecule has 2 aromatic carbocycles. The molecule has 0 saturated carbocycles. The van der Waals surface area contributed by atoms with Gasteiger partial charge in [-0.05, 0) is 42.3 Å². The average Bonchev–Trinajstić information content (AvgIpc) is 2.40. The van der Waals surface area contributed by atoms with E-state index in [1.165, 1.54) is 6.07 Å². The molecule has 0 unspecified atom stereocenters. The van der Waals surface area contributed by atoms with Crippen LogP contribution in [-0.4, -0.2) is 17.7 Å². The van der Waals surface area contributed by atoms with Crippen LogP contribution in [0.25, 0.3) is 0 Å². The minimum absolute atomic E-state index is 0.0581. The van der Waals surface area contributed by atoms with E-state index in [2.05, 4.69) is 10.6 Å². The average molecular weight is 343 g/mol. The molecule has 0 aliphatic carbocycles. The molecule has 0 aliphatic heterocycles. The maximum atomic E-state index is 13.2. The molecule has 0 atom stereocenters. The lowest BCUT2D eigenvalue weighted by Gasteiger charge is -2.12. The summed E-state index contributed by atoms with van der Waals surface area (Å²) in [5.74, 6) is -0.550. The Hall–Kier alpha value is -1.82. The van der Waals surface area contributed by atoms with E-state index in [-0.39, 0.29) is 17.3 Å². The summed E-state index contributed by atoms with van der Waals surface area (Å²) < 4.78 is 13.2. The first-order valence-corrected chi connectivity index (χ1v) is 7.17. The first-order valence-electron chi connectivity index (χ1n) is 6.41. The van der Waals surface area contributed by atoms with E-state index in [9.17, 15) is 9.18 Å². The number of halogens is 3. The fraction of sp³-hybridized carbons (Fsp3) is 0.133. The zero-order valence-corrected chi connectivity index (χ0v) is 12.9. The second kappa shape index (κ2) is 7.45. The van der Waals surface area contributed by atoms with Crippen molar-refractivity contribution in [3.8, 4) is 0 Å². The van der Waals surface area contributed by atoms with Gasteiger partial charge in [0.2, 0.25) is 0 Å². The molecule has 0 heterocycles. The predicted molar refractivity (Wildman–Crippen MR) is 86.3 cm³/mol. The SMILES string of the molecule is O=C(Nc1cc(F)cc(Cl)c1)Nc1cc(Cl)ccc1CCO. The van der Waals surface area contributed by atoms with E-state index in [1.54, 1.807) is 18.2 Å². The second-order valence-corrected chi connectivity index (χ2v) is 5.39. The number of carbonyl (C=O) groups is 1. The molecule has 4 nitrogen and oxygen atoms in total. The van der Waals surface area contributed by atoms with Crippen LogP contribution in [0.4, 0.5) is 20.6 Å². The molecular weight excluding hydrogens is 330 g/mol. The molecule has 0 radical (unpaired) electrons. The molecule has 0 spiro atoms. The lowest BCUT2D eigenvalue weighted by atomic mass is 10.1. The summed E-state index contributed by atoms with van der Waals surface area (Å²) in [5, 5.41) is 14.7. The Balaban J connectivity index is 2.13. The van der Waals surface area contributed by atoms with Gasteiger partial charge in [0.05, 0.1) is 0 Å². The summed E-state index contributed by atoms with van der Waals surface area (Å²) in [6, 6.07) is 8.11. The van der Waals surface area contributed by atoms with E-state index >= 15 is 0 Å². The Bertz CT molecular complexity index is 675. The van der Waals surface area contributed by atoms with Crippen LogP contribution in [0.15, 0.2) is 36.4 Å². The number of aliphatic hydroxyl groups is 1. The van der Waals surface area contributed by atoms with Crippen molar-refractivity contribution < 1.29 is 14.3 Å². The number of hydrogen-bond acceptors (Lipinski definition) is 2. The quantitative estimate of drug-likeness (QED) is 0.775. The number of carbonyl (C=O) groups excluding carboxylic acids is 1. The van der Waals surface area contributed by atoms with E-state index < -0.39 is 11.8 Å². The van der Waals surface area contributed by atoms with Gasteiger partial charge >= 0.3 is 6.03 Å². The number of benzene rings is 2. The highest BCUT2D eigenvalue weighted by Gasteiger charge is 2.09. The minimum atomic E-state index is -0.567. The molecule has 2 amide bonds. The number of rotatable bonds is 4. The van der Waals surface area contributed by atoms with Crippen LogP contribution in [0.1, 0.15) is 5.56 Å². The van der Waals surface area contributed by atoms with Gasteiger partial charge in [-0.15, -0.1) is 0 Å². The Morgan fingerprint density at radius 3 is 2.55 bits per heavy atom. The highest BCUT2D eigenvalue weighted by molar-refractivity contribution is 6.31. The largest absolute Gasteiger partial charge is 0.396 e. The van der Waals surface area contributed by atoms with E-state index in [1.807, 2.05) is 0 Å². The van der Waals surface area contributed by atoms with Gasteiger partial charge < -0.3 is 15.7 Å². The number of urea groups is 1. The van der Waals surface area contributed by atoms with E-state index in [0.717, 1.165) is 17.7 Å². The lowest BCUT2D eigenvalue weighted by molar-refractivity contribution is 0.262. The molecule has 22 heavy (non-hydrogen) atoms.